The van der Waals surface area contributed by atoms with Gasteiger partial charge in [-0.15, -0.1) is 12.4 Å². The van der Waals surface area contributed by atoms with Gasteiger partial charge in [0.1, 0.15) is 0 Å². The maximum atomic E-state index is 11.4. The van der Waals surface area contributed by atoms with Crippen molar-refractivity contribution in [3.63, 3.8) is 0 Å². The van der Waals surface area contributed by atoms with Gasteiger partial charge >= 0.3 is 5.97 Å². The Labute approximate surface area is 125 Å². The summed E-state index contributed by atoms with van der Waals surface area (Å²) in [5.41, 5.74) is 6.80. The van der Waals surface area contributed by atoms with Gasteiger partial charge in [-0.05, 0) is 31.5 Å². The molecule has 2 N–H and O–H groups in total. The highest BCUT2D eigenvalue weighted by Gasteiger charge is 2.15. The molecule has 0 saturated carbocycles. The first kappa shape index (κ1) is 18.5. The molecule has 5 nitrogen and oxygen atoms in total. The highest BCUT2D eigenvalue weighted by atomic mass is 35.5. The van der Waals surface area contributed by atoms with Gasteiger partial charge in [-0.2, -0.15) is 0 Å². The molecule has 1 aromatic carbocycles. The fraction of sp³-hybridized carbons (Fsp3) is 0.500. The number of ether oxygens (including phenoxy) is 3. The van der Waals surface area contributed by atoms with Crippen molar-refractivity contribution in [2.45, 2.75) is 26.3 Å². The van der Waals surface area contributed by atoms with Crippen LogP contribution in [-0.2, 0) is 9.53 Å². The first-order valence-electron chi connectivity index (χ1n) is 6.34. The van der Waals surface area contributed by atoms with Gasteiger partial charge < -0.3 is 19.9 Å². The van der Waals surface area contributed by atoms with E-state index in [0.29, 0.717) is 24.7 Å². The summed E-state index contributed by atoms with van der Waals surface area (Å²) in [5, 5.41) is 0. The SMILES string of the molecule is CCOC(=O)C[C@H](N)c1ccc(OC)c(OCC)c1.Cl. The van der Waals surface area contributed by atoms with E-state index in [-0.39, 0.29) is 24.8 Å². The molecule has 0 amide bonds. The molecule has 0 spiro atoms. The average molecular weight is 304 g/mol. The molecular weight excluding hydrogens is 282 g/mol. The molecule has 20 heavy (non-hydrogen) atoms. The van der Waals surface area contributed by atoms with Crippen LogP contribution in [0.25, 0.3) is 0 Å². The Morgan fingerprint density at radius 3 is 2.50 bits per heavy atom. The van der Waals surface area contributed by atoms with E-state index in [1.54, 1.807) is 26.2 Å². The van der Waals surface area contributed by atoms with Gasteiger partial charge in [0.25, 0.3) is 0 Å². The van der Waals surface area contributed by atoms with Crippen molar-refractivity contribution in [1.82, 2.24) is 0 Å². The Balaban J connectivity index is 0.00000361. The fourth-order valence-corrected chi connectivity index (χ4v) is 1.71. The number of halogens is 1. The zero-order valence-electron chi connectivity index (χ0n) is 12.0. The summed E-state index contributed by atoms with van der Waals surface area (Å²) >= 11 is 0. The van der Waals surface area contributed by atoms with Crippen molar-refractivity contribution >= 4 is 18.4 Å². The van der Waals surface area contributed by atoms with Crippen LogP contribution in [0.1, 0.15) is 31.9 Å². The zero-order valence-corrected chi connectivity index (χ0v) is 12.9. The Morgan fingerprint density at radius 1 is 1.25 bits per heavy atom. The monoisotopic (exact) mass is 303 g/mol. The largest absolute Gasteiger partial charge is 0.493 e. The van der Waals surface area contributed by atoms with E-state index in [2.05, 4.69) is 0 Å². The van der Waals surface area contributed by atoms with E-state index in [9.17, 15) is 4.79 Å². The van der Waals surface area contributed by atoms with E-state index in [1.807, 2.05) is 13.0 Å². The maximum Gasteiger partial charge on any atom is 0.307 e. The third-order valence-electron chi connectivity index (χ3n) is 2.61. The molecule has 0 fully saturated rings. The summed E-state index contributed by atoms with van der Waals surface area (Å²) in [6, 6.07) is 4.99. The molecule has 1 rings (SSSR count). The number of carbonyl (C=O) groups is 1. The number of nitrogens with two attached hydrogens (primary N) is 1. The van der Waals surface area contributed by atoms with Crippen LogP contribution in [0.15, 0.2) is 18.2 Å². The van der Waals surface area contributed by atoms with Crippen molar-refractivity contribution in [2.24, 2.45) is 5.73 Å². The van der Waals surface area contributed by atoms with Crippen molar-refractivity contribution in [1.29, 1.82) is 0 Å². The second-order valence-corrected chi connectivity index (χ2v) is 3.96. The maximum absolute atomic E-state index is 11.4. The van der Waals surface area contributed by atoms with E-state index >= 15 is 0 Å². The van der Waals surface area contributed by atoms with Crippen LogP contribution in [0.3, 0.4) is 0 Å². The minimum atomic E-state index is -0.413. The van der Waals surface area contributed by atoms with Gasteiger partial charge in [0.2, 0.25) is 0 Å². The zero-order chi connectivity index (χ0) is 14.3. The molecule has 0 saturated heterocycles. The summed E-state index contributed by atoms with van der Waals surface area (Å²) in [4.78, 5) is 11.4. The smallest absolute Gasteiger partial charge is 0.307 e. The second-order valence-electron chi connectivity index (χ2n) is 3.96. The molecule has 0 unspecified atom stereocenters. The van der Waals surface area contributed by atoms with Gasteiger partial charge in [-0.3, -0.25) is 4.79 Å². The average Bonchev–Trinajstić information content (AvgIpc) is 2.39. The van der Waals surface area contributed by atoms with Gasteiger partial charge in [0, 0.05) is 6.04 Å². The summed E-state index contributed by atoms with van der Waals surface area (Å²) in [6.45, 7) is 4.56. The van der Waals surface area contributed by atoms with Crippen LogP contribution >= 0.6 is 12.4 Å². The standard InChI is InChI=1S/C14H21NO4.ClH/c1-4-18-13-8-10(6-7-12(13)17-3)11(15)9-14(16)19-5-2;/h6-8,11H,4-5,9,15H2,1-3H3;1H/t11-;/m0./s1. The Bertz CT molecular complexity index is 426. The molecule has 6 heteroatoms. The molecule has 0 aliphatic carbocycles. The summed E-state index contributed by atoms with van der Waals surface area (Å²) in [7, 11) is 1.58. The van der Waals surface area contributed by atoms with Gasteiger partial charge in [-0.1, -0.05) is 6.07 Å². The number of benzene rings is 1. The molecule has 0 aliphatic rings. The highest BCUT2D eigenvalue weighted by molar-refractivity contribution is 5.85. The lowest BCUT2D eigenvalue weighted by atomic mass is 10.0. The van der Waals surface area contributed by atoms with Crippen molar-refractivity contribution in [3.8, 4) is 11.5 Å². The Kier molecular flexibility index (Phi) is 8.76. The van der Waals surface area contributed by atoms with Gasteiger partial charge in [0.15, 0.2) is 11.5 Å². The molecule has 1 atom stereocenters. The fourth-order valence-electron chi connectivity index (χ4n) is 1.71. The predicted molar refractivity (Wildman–Crippen MR) is 79.6 cm³/mol. The van der Waals surface area contributed by atoms with Crippen LogP contribution in [0.5, 0.6) is 11.5 Å². The summed E-state index contributed by atoms with van der Waals surface area (Å²) in [5.74, 6) is 0.972. The van der Waals surface area contributed by atoms with Crippen LogP contribution in [0, 0.1) is 0 Å². The molecule has 0 aliphatic heterocycles. The molecule has 0 heterocycles. The molecular formula is C14H22ClNO4. The quantitative estimate of drug-likeness (QED) is 0.784. The normalized spacial score (nSPS) is 11.2. The first-order chi connectivity index (χ1) is 9.12. The number of esters is 1. The lowest BCUT2D eigenvalue weighted by Gasteiger charge is -2.15. The Morgan fingerprint density at radius 2 is 1.95 bits per heavy atom. The number of methoxy groups -OCH3 is 1. The van der Waals surface area contributed by atoms with E-state index in [0.717, 1.165) is 5.56 Å². The number of hydrogen-bond donors (Lipinski definition) is 1. The second kappa shape index (κ2) is 9.44. The van der Waals surface area contributed by atoms with E-state index in [4.69, 9.17) is 19.9 Å². The minimum Gasteiger partial charge on any atom is -0.493 e. The Hall–Kier alpha value is -1.46. The number of carbonyl (C=O) groups excluding carboxylic acids is 1. The van der Waals surface area contributed by atoms with Crippen LogP contribution in [0.2, 0.25) is 0 Å². The van der Waals surface area contributed by atoms with Crippen LogP contribution < -0.4 is 15.2 Å². The third kappa shape index (κ3) is 5.27. The van der Waals surface area contributed by atoms with Gasteiger partial charge in [-0.25, -0.2) is 0 Å². The molecule has 1 aromatic rings. The van der Waals surface area contributed by atoms with Crippen molar-refractivity contribution < 1.29 is 19.0 Å². The van der Waals surface area contributed by atoms with Crippen molar-refractivity contribution in [2.75, 3.05) is 20.3 Å². The molecule has 0 bridgehead atoms. The first-order valence-corrected chi connectivity index (χ1v) is 6.34. The molecule has 0 radical (unpaired) electrons. The number of rotatable bonds is 7. The predicted octanol–water partition coefficient (Wildman–Crippen LogP) is 2.47. The minimum absolute atomic E-state index is 0. The molecule has 114 valence electrons. The van der Waals surface area contributed by atoms with Crippen molar-refractivity contribution in [3.05, 3.63) is 23.8 Å². The highest BCUT2D eigenvalue weighted by Crippen LogP contribution is 2.30. The van der Waals surface area contributed by atoms with E-state index < -0.39 is 6.04 Å². The summed E-state index contributed by atoms with van der Waals surface area (Å²) < 4.78 is 15.6. The lowest BCUT2D eigenvalue weighted by Crippen LogP contribution is -2.17. The topological polar surface area (TPSA) is 70.8 Å². The van der Waals surface area contributed by atoms with Crippen LogP contribution in [-0.4, -0.2) is 26.3 Å². The van der Waals surface area contributed by atoms with Crippen LogP contribution in [0.4, 0.5) is 0 Å². The summed E-state index contributed by atoms with van der Waals surface area (Å²) in [6.07, 6.45) is 0.145. The molecule has 0 aromatic heterocycles. The number of hydrogen-bond acceptors (Lipinski definition) is 5. The lowest BCUT2D eigenvalue weighted by molar-refractivity contribution is -0.143. The van der Waals surface area contributed by atoms with Gasteiger partial charge in [0.05, 0.1) is 26.7 Å². The van der Waals surface area contributed by atoms with E-state index in [1.165, 1.54) is 0 Å². The third-order valence-corrected chi connectivity index (χ3v) is 2.61.